The molecule has 4 nitrogen and oxygen atoms in total. The number of sulfonamides is 1. The Morgan fingerprint density at radius 1 is 1.39 bits per heavy atom. The third-order valence-electron chi connectivity index (χ3n) is 2.51. The lowest BCUT2D eigenvalue weighted by molar-refractivity contribution is 0.536. The summed E-state index contributed by atoms with van der Waals surface area (Å²) in [6.45, 7) is 6.89. The van der Waals surface area contributed by atoms with E-state index < -0.39 is 10.0 Å². The van der Waals surface area contributed by atoms with Gasteiger partial charge in [0.05, 0.1) is 5.02 Å². The van der Waals surface area contributed by atoms with Crippen molar-refractivity contribution in [2.75, 3.05) is 13.1 Å². The molecule has 2 N–H and O–H groups in total. The summed E-state index contributed by atoms with van der Waals surface area (Å²) in [6, 6.07) is 4.98. The largest absolute Gasteiger partial charge is 0.313 e. The number of likely N-dealkylation sites (N-methyl/N-ethyl adjacent to an activating group) is 1. The second-order valence-corrected chi connectivity index (χ2v) is 6.39. The summed E-state index contributed by atoms with van der Waals surface area (Å²) in [5, 5.41) is 3.38. The van der Waals surface area contributed by atoms with Crippen molar-refractivity contribution in [1.82, 2.24) is 10.0 Å². The highest BCUT2D eigenvalue weighted by Gasteiger charge is 2.18. The summed E-state index contributed by atoms with van der Waals surface area (Å²) in [6.07, 6.45) is 0. The number of hydrogen-bond acceptors (Lipinski definition) is 3. The maximum Gasteiger partial charge on any atom is 0.242 e. The molecule has 0 unspecified atom stereocenters. The van der Waals surface area contributed by atoms with Gasteiger partial charge in [-0.05, 0) is 38.1 Å². The number of benzene rings is 1. The molecule has 0 fully saturated rings. The van der Waals surface area contributed by atoms with Gasteiger partial charge in [-0.2, -0.15) is 0 Å². The molecule has 0 saturated heterocycles. The minimum Gasteiger partial charge on any atom is -0.313 e. The van der Waals surface area contributed by atoms with Crippen molar-refractivity contribution in [3.05, 3.63) is 28.8 Å². The first-order valence-corrected chi connectivity index (χ1v) is 7.72. The summed E-state index contributed by atoms with van der Waals surface area (Å²) in [7, 11) is -3.54. The SMILES string of the molecule is CCN[C@H](C)CNS(=O)(=O)c1ccc(C)cc1Cl. The van der Waals surface area contributed by atoms with Gasteiger partial charge in [0.25, 0.3) is 0 Å². The fraction of sp³-hybridized carbons (Fsp3) is 0.500. The van der Waals surface area contributed by atoms with E-state index in [2.05, 4.69) is 10.0 Å². The molecule has 0 radical (unpaired) electrons. The molecule has 18 heavy (non-hydrogen) atoms. The van der Waals surface area contributed by atoms with Gasteiger partial charge in [0.1, 0.15) is 4.90 Å². The number of hydrogen-bond donors (Lipinski definition) is 2. The molecule has 1 aromatic carbocycles. The molecule has 0 spiro atoms. The molecule has 1 rings (SSSR count). The highest BCUT2D eigenvalue weighted by atomic mass is 35.5. The van der Waals surface area contributed by atoms with E-state index >= 15 is 0 Å². The maximum atomic E-state index is 12.0. The van der Waals surface area contributed by atoms with Crippen molar-refractivity contribution in [3.63, 3.8) is 0 Å². The zero-order chi connectivity index (χ0) is 13.8. The van der Waals surface area contributed by atoms with E-state index in [0.29, 0.717) is 6.54 Å². The molecular weight excluding hydrogens is 272 g/mol. The minimum atomic E-state index is -3.54. The molecule has 0 aromatic heterocycles. The zero-order valence-corrected chi connectivity index (χ0v) is 12.4. The van der Waals surface area contributed by atoms with Crippen LogP contribution in [0.15, 0.2) is 23.1 Å². The molecule has 1 atom stereocenters. The topological polar surface area (TPSA) is 58.2 Å². The van der Waals surface area contributed by atoms with Gasteiger partial charge in [0.2, 0.25) is 10.0 Å². The third kappa shape index (κ3) is 4.24. The summed E-state index contributed by atoms with van der Waals surface area (Å²) in [4.78, 5) is 0.124. The van der Waals surface area contributed by atoms with Crippen LogP contribution in [-0.2, 0) is 10.0 Å². The lowest BCUT2D eigenvalue weighted by Crippen LogP contribution is -2.38. The van der Waals surface area contributed by atoms with Gasteiger partial charge in [0.15, 0.2) is 0 Å². The van der Waals surface area contributed by atoms with Gasteiger partial charge in [-0.1, -0.05) is 24.6 Å². The molecule has 0 bridgehead atoms. The van der Waals surface area contributed by atoms with Crippen LogP contribution in [0.2, 0.25) is 5.02 Å². The Hall–Kier alpha value is -0.620. The van der Waals surface area contributed by atoms with Gasteiger partial charge in [-0.3, -0.25) is 0 Å². The normalized spacial score (nSPS) is 13.6. The number of rotatable bonds is 6. The summed E-state index contributed by atoms with van der Waals surface area (Å²) < 4.78 is 26.6. The van der Waals surface area contributed by atoms with Crippen molar-refractivity contribution < 1.29 is 8.42 Å². The van der Waals surface area contributed by atoms with E-state index in [4.69, 9.17) is 11.6 Å². The summed E-state index contributed by atoms with van der Waals surface area (Å²) in [5.41, 5.74) is 0.931. The van der Waals surface area contributed by atoms with E-state index in [1.54, 1.807) is 12.1 Å². The van der Waals surface area contributed by atoms with E-state index in [1.807, 2.05) is 20.8 Å². The Bertz CT molecular complexity index is 503. The number of nitrogens with one attached hydrogen (secondary N) is 2. The van der Waals surface area contributed by atoms with Gasteiger partial charge in [0, 0.05) is 12.6 Å². The number of halogens is 1. The quantitative estimate of drug-likeness (QED) is 0.842. The first kappa shape index (κ1) is 15.4. The van der Waals surface area contributed by atoms with Crippen LogP contribution in [0.4, 0.5) is 0 Å². The fourth-order valence-corrected chi connectivity index (χ4v) is 3.28. The molecule has 0 amide bonds. The summed E-state index contributed by atoms with van der Waals surface area (Å²) >= 11 is 5.96. The molecule has 0 saturated carbocycles. The lowest BCUT2D eigenvalue weighted by atomic mass is 10.2. The predicted octanol–water partition coefficient (Wildman–Crippen LogP) is 1.92. The van der Waals surface area contributed by atoms with Gasteiger partial charge >= 0.3 is 0 Å². The van der Waals surface area contributed by atoms with Crippen molar-refractivity contribution in [3.8, 4) is 0 Å². The van der Waals surface area contributed by atoms with Crippen LogP contribution in [0.5, 0.6) is 0 Å². The molecule has 0 aliphatic heterocycles. The average Bonchev–Trinajstić information content (AvgIpc) is 2.26. The fourth-order valence-electron chi connectivity index (χ4n) is 1.56. The monoisotopic (exact) mass is 290 g/mol. The standard InChI is InChI=1S/C12H19ClN2O2S/c1-4-14-10(3)8-15-18(16,17)12-6-5-9(2)7-11(12)13/h5-7,10,14-15H,4,8H2,1-3H3/t10-/m1/s1. The molecule has 102 valence electrons. The Balaban J connectivity index is 2.80. The second kappa shape index (κ2) is 6.52. The molecule has 0 aliphatic rings. The summed E-state index contributed by atoms with van der Waals surface area (Å²) in [5.74, 6) is 0. The van der Waals surface area contributed by atoms with Crippen molar-refractivity contribution in [1.29, 1.82) is 0 Å². The van der Waals surface area contributed by atoms with Crippen LogP contribution in [-0.4, -0.2) is 27.5 Å². The smallest absolute Gasteiger partial charge is 0.242 e. The Morgan fingerprint density at radius 3 is 2.61 bits per heavy atom. The third-order valence-corrected chi connectivity index (χ3v) is 4.42. The predicted molar refractivity (Wildman–Crippen MR) is 74.5 cm³/mol. The zero-order valence-electron chi connectivity index (χ0n) is 10.8. The number of aryl methyl sites for hydroxylation is 1. The molecule has 0 heterocycles. The van der Waals surface area contributed by atoms with Crippen molar-refractivity contribution in [2.24, 2.45) is 0 Å². The first-order valence-electron chi connectivity index (χ1n) is 5.86. The Kier molecular flexibility index (Phi) is 5.59. The van der Waals surface area contributed by atoms with Gasteiger partial charge < -0.3 is 5.32 Å². The second-order valence-electron chi connectivity index (χ2n) is 4.24. The van der Waals surface area contributed by atoms with Crippen molar-refractivity contribution >= 4 is 21.6 Å². The van der Waals surface area contributed by atoms with Gasteiger partial charge in [-0.25, -0.2) is 13.1 Å². The minimum absolute atomic E-state index is 0.0778. The van der Waals surface area contributed by atoms with Crippen LogP contribution in [0.1, 0.15) is 19.4 Å². The Morgan fingerprint density at radius 2 is 2.06 bits per heavy atom. The Labute approximate surface area is 114 Å². The average molecular weight is 291 g/mol. The molecular formula is C12H19ClN2O2S. The van der Waals surface area contributed by atoms with Crippen LogP contribution < -0.4 is 10.0 Å². The van der Waals surface area contributed by atoms with Crippen LogP contribution in [0, 0.1) is 6.92 Å². The lowest BCUT2D eigenvalue weighted by Gasteiger charge is -2.14. The highest BCUT2D eigenvalue weighted by molar-refractivity contribution is 7.89. The van der Waals surface area contributed by atoms with Gasteiger partial charge in [-0.15, -0.1) is 0 Å². The highest BCUT2D eigenvalue weighted by Crippen LogP contribution is 2.22. The maximum absolute atomic E-state index is 12.0. The molecule has 1 aromatic rings. The van der Waals surface area contributed by atoms with E-state index in [1.165, 1.54) is 6.07 Å². The van der Waals surface area contributed by atoms with Crippen LogP contribution >= 0.6 is 11.6 Å². The van der Waals surface area contributed by atoms with Crippen LogP contribution in [0.3, 0.4) is 0 Å². The van der Waals surface area contributed by atoms with E-state index in [-0.39, 0.29) is 16.0 Å². The van der Waals surface area contributed by atoms with Crippen molar-refractivity contribution in [2.45, 2.75) is 31.7 Å². The molecule has 0 aliphatic carbocycles. The molecule has 6 heteroatoms. The van der Waals surface area contributed by atoms with E-state index in [0.717, 1.165) is 12.1 Å². The van der Waals surface area contributed by atoms with Crippen LogP contribution in [0.25, 0.3) is 0 Å². The first-order chi connectivity index (χ1) is 8.36. The van der Waals surface area contributed by atoms with E-state index in [9.17, 15) is 8.42 Å².